The molecule has 0 heterocycles. The van der Waals surface area contributed by atoms with Crippen LogP contribution in [0.25, 0.3) is 6.08 Å². The lowest BCUT2D eigenvalue weighted by Crippen LogP contribution is -2.14. The Kier molecular flexibility index (Phi) is 8.56. The molecule has 0 aliphatic rings. The fourth-order valence-electron chi connectivity index (χ4n) is 2.97. The molecule has 0 aliphatic carbocycles. The Bertz CT molecular complexity index is 1250. The molecule has 3 aromatic carbocycles. The lowest BCUT2D eigenvalue weighted by molar-refractivity contribution is -0.112. The van der Waals surface area contributed by atoms with Gasteiger partial charge >= 0.3 is 0 Å². The summed E-state index contributed by atoms with van der Waals surface area (Å²) in [5.74, 6) is 0.477. The van der Waals surface area contributed by atoms with Crippen LogP contribution in [-0.4, -0.2) is 13.0 Å². The molecule has 0 saturated heterocycles. The molecule has 0 atom stereocenters. The summed E-state index contributed by atoms with van der Waals surface area (Å²) in [6.07, 6.45) is 1.49. The molecule has 5 nitrogen and oxygen atoms in total. The van der Waals surface area contributed by atoms with Gasteiger partial charge in [-0.25, -0.2) is 0 Å². The van der Waals surface area contributed by atoms with Gasteiger partial charge in [-0.1, -0.05) is 39.7 Å². The van der Waals surface area contributed by atoms with Gasteiger partial charge in [-0.15, -0.1) is 0 Å². The highest BCUT2D eigenvalue weighted by Crippen LogP contribution is 2.38. The molecule has 1 amide bonds. The minimum atomic E-state index is -0.520. The highest BCUT2D eigenvalue weighted by atomic mass is 79.9. The van der Waals surface area contributed by atoms with Gasteiger partial charge in [0.05, 0.1) is 11.6 Å². The third-order valence-electron chi connectivity index (χ3n) is 4.66. The molecule has 33 heavy (non-hydrogen) atoms. The third-order valence-corrected chi connectivity index (χ3v) is 6.01. The van der Waals surface area contributed by atoms with E-state index in [-0.39, 0.29) is 5.57 Å². The molecule has 0 fully saturated rings. The molecule has 168 valence electrons. The van der Waals surface area contributed by atoms with E-state index in [4.69, 9.17) is 21.1 Å². The molecular weight excluding hydrogens is 572 g/mol. The quantitative estimate of drug-likeness (QED) is 0.231. The Balaban J connectivity index is 1.82. The lowest BCUT2D eigenvalue weighted by Gasteiger charge is -2.14. The highest BCUT2D eigenvalue weighted by Gasteiger charge is 2.15. The van der Waals surface area contributed by atoms with Gasteiger partial charge in [0.2, 0.25) is 0 Å². The number of hydrogen-bond acceptors (Lipinski definition) is 4. The number of nitriles is 1. The summed E-state index contributed by atoms with van der Waals surface area (Å²) >= 11 is 12.9. The van der Waals surface area contributed by atoms with Gasteiger partial charge in [-0.05, 0) is 88.1 Å². The van der Waals surface area contributed by atoms with Gasteiger partial charge in [-0.2, -0.15) is 5.26 Å². The first-order valence-electron chi connectivity index (χ1n) is 9.74. The fraction of sp³-hybridized carbons (Fsp3) is 0.120. The number of halogens is 3. The number of anilines is 1. The zero-order chi connectivity index (χ0) is 24.0. The van der Waals surface area contributed by atoms with Crippen molar-refractivity contribution >= 4 is 61.1 Å². The molecule has 3 aromatic rings. The Hall–Kier alpha value is -2.79. The molecule has 0 aromatic heterocycles. The van der Waals surface area contributed by atoms with Crippen molar-refractivity contribution in [3.63, 3.8) is 0 Å². The number of carbonyl (C=O) groups is 1. The van der Waals surface area contributed by atoms with Crippen molar-refractivity contribution in [2.75, 3.05) is 12.4 Å². The predicted molar refractivity (Wildman–Crippen MR) is 138 cm³/mol. The van der Waals surface area contributed by atoms with E-state index < -0.39 is 5.91 Å². The second-order valence-electron chi connectivity index (χ2n) is 7.03. The smallest absolute Gasteiger partial charge is 0.266 e. The zero-order valence-corrected chi connectivity index (χ0v) is 21.7. The largest absolute Gasteiger partial charge is 0.493 e. The number of hydrogen-bond donors (Lipinski definition) is 1. The molecule has 8 heteroatoms. The van der Waals surface area contributed by atoms with Crippen LogP contribution in [0.1, 0.15) is 16.7 Å². The Labute approximate surface area is 214 Å². The Morgan fingerprint density at radius 1 is 1.15 bits per heavy atom. The number of ether oxygens (including phenoxy) is 2. The van der Waals surface area contributed by atoms with E-state index in [9.17, 15) is 10.1 Å². The van der Waals surface area contributed by atoms with Crippen molar-refractivity contribution in [1.29, 1.82) is 5.26 Å². The van der Waals surface area contributed by atoms with E-state index in [1.165, 1.54) is 13.2 Å². The number of nitrogens with one attached hydrogen (secondary N) is 1. The molecule has 0 spiro atoms. The second-order valence-corrected chi connectivity index (χ2v) is 9.24. The molecule has 0 bridgehead atoms. The van der Waals surface area contributed by atoms with Crippen molar-refractivity contribution < 1.29 is 14.3 Å². The standard InChI is InChI=1S/C25H19Br2ClN2O3/c1-15-9-20(28)7-8-22(15)30-25(31)18(13-29)10-17-11-21(27)24(23(12-17)32-2)33-14-16-3-5-19(26)6-4-16/h3-12H,14H2,1-2H3,(H,30,31)/b18-10+. The predicted octanol–water partition coefficient (Wildman–Crippen LogP) is 7.31. The molecule has 0 aliphatic heterocycles. The number of methoxy groups -OCH3 is 1. The van der Waals surface area contributed by atoms with E-state index in [0.29, 0.717) is 38.9 Å². The van der Waals surface area contributed by atoms with Gasteiger partial charge in [0.25, 0.3) is 5.91 Å². The topological polar surface area (TPSA) is 71.3 Å². The first-order chi connectivity index (χ1) is 15.8. The number of benzene rings is 3. The van der Waals surface area contributed by atoms with Crippen molar-refractivity contribution in [2.24, 2.45) is 0 Å². The van der Waals surface area contributed by atoms with Crippen LogP contribution in [0.3, 0.4) is 0 Å². The maximum atomic E-state index is 12.7. The number of rotatable bonds is 7. The minimum Gasteiger partial charge on any atom is -0.493 e. The average molecular weight is 591 g/mol. The van der Waals surface area contributed by atoms with Crippen molar-refractivity contribution in [1.82, 2.24) is 0 Å². The van der Waals surface area contributed by atoms with E-state index in [2.05, 4.69) is 37.2 Å². The summed E-state index contributed by atoms with van der Waals surface area (Å²) in [6, 6.07) is 18.3. The summed E-state index contributed by atoms with van der Waals surface area (Å²) in [5.41, 5.74) is 2.93. The van der Waals surface area contributed by atoms with Crippen molar-refractivity contribution in [2.45, 2.75) is 13.5 Å². The van der Waals surface area contributed by atoms with Crippen LogP contribution in [0, 0.1) is 18.3 Å². The molecule has 1 N–H and O–H groups in total. The SMILES string of the molecule is COc1cc(/C=C(\C#N)C(=O)Nc2ccc(Cl)cc2C)cc(Br)c1OCc1ccc(Br)cc1. The van der Waals surface area contributed by atoms with Gasteiger partial charge < -0.3 is 14.8 Å². The van der Waals surface area contributed by atoms with Crippen molar-refractivity contribution in [3.8, 4) is 17.6 Å². The highest BCUT2D eigenvalue weighted by molar-refractivity contribution is 9.10. The number of aryl methyl sites for hydroxylation is 1. The van der Waals surface area contributed by atoms with Crippen LogP contribution in [0.4, 0.5) is 5.69 Å². The average Bonchev–Trinajstić information content (AvgIpc) is 2.79. The second kappa shape index (κ2) is 11.4. The molecule has 0 unspecified atom stereocenters. The summed E-state index contributed by atoms with van der Waals surface area (Å²) < 4.78 is 13.1. The Morgan fingerprint density at radius 3 is 2.52 bits per heavy atom. The number of carbonyl (C=O) groups excluding carboxylic acids is 1. The maximum Gasteiger partial charge on any atom is 0.266 e. The summed E-state index contributed by atoms with van der Waals surface area (Å²) in [6.45, 7) is 2.18. The molecule has 3 rings (SSSR count). The minimum absolute atomic E-state index is 0.0539. The van der Waals surface area contributed by atoms with Crippen LogP contribution < -0.4 is 14.8 Å². The number of nitrogens with zero attached hydrogens (tertiary/aromatic N) is 1. The molecular formula is C25H19Br2ClN2O3. The fourth-order valence-corrected chi connectivity index (χ4v) is 4.04. The van der Waals surface area contributed by atoms with Gasteiger partial charge in [0.1, 0.15) is 18.2 Å². The summed E-state index contributed by atoms with van der Waals surface area (Å²) in [5, 5.41) is 12.9. The number of amides is 1. The third kappa shape index (κ3) is 6.61. The summed E-state index contributed by atoms with van der Waals surface area (Å²) in [4.78, 5) is 12.7. The van der Waals surface area contributed by atoms with Gasteiger partial charge in [0.15, 0.2) is 11.5 Å². The van der Waals surface area contributed by atoms with E-state index in [1.54, 1.807) is 30.3 Å². The van der Waals surface area contributed by atoms with Gasteiger partial charge in [-0.3, -0.25) is 4.79 Å². The van der Waals surface area contributed by atoms with E-state index in [0.717, 1.165) is 15.6 Å². The first-order valence-corrected chi connectivity index (χ1v) is 11.7. The van der Waals surface area contributed by atoms with E-state index in [1.807, 2.05) is 37.3 Å². The first kappa shape index (κ1) is 24.8. The zero-order valence-electron chi connectivity index (χ0n) is 17.8. The van der Waals surface area contributed by atoms with Crippen LogP contribution in [0.2, 0.25) is 5.02 Å². The summed E-state index contributed by atoms with van der Waals surface area (Å²) in [7, 11) is 1.53. The normalized spacial score (nSPS) is 11.0. The Morgan fingerprint density at radius 2 is 1.88 bits per heavy atom. The van der Waals surface area contributed by atoms with Crippen LogP contribution in [0.5, 0.6) is 11.5 Å². The molecule has 0 radical (unpaired) electrons. The molecule has 0 saturated carbocycles. The lowest BCUT2D eigenvalue weighted by atomic mass is 10.1. The van der Waals surface area contributed by atoms with Gasteiger partial charge in [0, 0.05) is 15.2 Å². The monoisotopic (exact) mass is 588 g/mol. The van der Waals surface area contributed by atoms with E-state index >= 15 is 0 Å². The van der Waals surface area contributed by atoms with Crippen LogP contribution in [0.15, 0.2) is 69.1 Å². The van der Waals surface area contributed by atoms with Crippen molar-refractivity contribution in [3.05, 3.63) is 90.8 Å². The maximum absolute atomic E-state index is 12.7. The van der Waals surface area contributed by atoms with Crippen LogP contribution >= 0.6 is 43.5 Å². The van der Waals surface area contributed by atoms with Crippen LogP contribution in [-0.2, 0) is 11.4 Å².